The lowest BCUT2D eigenvalue weighted by molar-refractivity contribution is 0.102. The maximum absolute atomic E-state index is 12.8. The molecule has 4 heteroatoms. The highest BCUT2D eigenvalue weighted by Gasteiger charge is 2.17. The van der Waals surface area contributed by atoms with E-state index in [9.17, 15) is 4.79 Å². The monoisotopic (exact) mass is 352 g/mol. The quantitative estimate of drug-likeness (QED) is 0.862. The van der Waals surface area contributed by atoms with Gasteiger partial charge in [-0.05, 0) is 61.6 Å². The minimum Gasteiger partial charge on any atom is -0.495 e. The maximum atomic E-state index is 12.8. The summed E-state index contributed by atoms with van der Waals surface area (Å²) in [7, 11) is 1.62. The molecule has 1 aliphatic heterocycles. The predicted octanol–water partition coefficient (Wildman–Crippen LogP) is 4.49. The molecule has 1 saturated heterocycles. The molecule has 3 rings (SSSR count). The average molecular weight is 352 g/mol. The molecule has 2 aromatic carbocycles. The number of piperidine rings is 1. The van der Waals surface area contributed by atoms with Gasteiger partial charge in [0.2, 0.25) is 0 Å². The van der Waals surface area contributed by atoms with Crippen molar-refractivity contribution in [2.24, 2.45) is 5.92 Å². The molecule has 1 fully saturated rings. The molecule has 1 N–H and O–H groups in total. The number of anilines is 1. The predicted molar refractivity (Wildman–Crippen MR) is 106 cm³/mol. The van der Waals surface area contributed by atoms with E-state index in [-0.39, 0.29) is 5.91 Å². The zero-order valence-electron chi connectivity index (χ0n) is 15.9. The van der Waals surface area contributed by atoms with Crippen molar-refractivity contribution in [1.82, 2.24) is 4.90 Å². The van der Waals surface area contributed by atoms with Gasteiger partial charge in [-0.1, -0.05) is 31.2 Å². The summed E-state index contributed by atoms with van der Waals surface area (Å²) in [6.07, 6.45) is 2.58. The van der Waals surface area contributed by atoms with Crippen LogP contribution in [-0.4, -0.2) is 31.0 Å². The normalized spacial score (nSPS) is 17.7. The maximum Gasteiger partial charge on any atom is 0.255 e. The lowest BCUT2D eigenvalue weighted by Gasteiger charge is -2.30. The van der Waals surface area contributed by atoms with E-state index < -0.39 is 0 Å². The van der Waals surface area contributed by atoms with Crippen molar-refractivity contribution < 1.29 is 9.53 Å². The summed E-state index contributed by atoms with van der Waals surface area (Å²) in [5.41, 5.74) is 3.58. The number of hydrogen-bond donors (Lipinski definition) is 1. The van der Waals surface area contributed by atoms with Crippen LogP contribution < -0.4 is 10.1 Å². The third kappa shape index (κ3) is 4.44. The molecule has 0 bridgehead atoms. The van der Waals surface area contributed by atoms with Gasteiger partial charge in [-0.15, -0.1) is 0 Å². The number of methoxy groups -OCH3 is 1. The minimum atomic E-state index is -0.105. The van der Waals surface area contributed by atoms with Gasteiger partial charge in [0.1, 0.15) is 5.75 Å². The molecular weight excluding hydrogens is 324 g/mol. The highest BCUT2D eigenvalue weighted by Crippen LogP contribution is 2.28. The molecule has 1 atom stereocenters. The summed E-state index contributed by atoms with van der Waals surface area (Å²) >= 11 is 0. The Hall–Kier alpha value is -2.33. The summed E-state index contributed by atoms with van der Waals surface area (Å²) in [4.78, 5) is 15.2. The standard InChI is InChI=1S/C22H28N2O2/c1-16-7-6-12-24(14-16)15-18-9-5-10-19(13-18)22(25)23-21-17(2)8-4-11-20(21)26-3/h4-5,8-11,13,16H,6-7,12,14-15H2,1-3H3,(H,23,25)/t16-/m0/s1. The Morgan fingerprint density at radius 3 is 2.85 bits per heavy atom. The van der Waals surface area contributed by atoms with E-state index in [1.807, 2.05) is 43.3 Å². The summed E-state index contributed by atoms with van der Waals surface area (Å²) in [6, 6.07) is 13.7. The van der Waals surface area contributed by atoms with Gasteiger partial charge in [-0.3, -0.25) is 9.69 Å². The molecule has 4 nitrogen and oxygen atoms in total. The number of ether oxygens (including phenoxy) is 1. The summed E-state index contributed by atoms with van der Waals surface area (Å²) in [5.74, 6) is 1.33. The molecular formula is C22H28N2O2. The third-order valence-electron chi connectivity index (χ3n) is 5.03. The molecule has 2 aromatic rings. The molecule has 0 spiro atoms. The molecule has 0 radical (unpaired) electrons. The van der Waals surface area contributed by atoms with Crippen molar-refractivity contribution in [3.8, 4) is 5.75 Å². The molecule has 138 valence electrons. The van der Waals surface area contributed by atoms with Crippen LogP contribution in [0.25, 0.3) is 0 Å². The number of likely N-dealkylation sites (tertiary alicyclic amines) is 1. The van der Waals surface area contributed by atoms with Crippen LogP contribution in [-0.2, 0) is 6.54 Å². The fraction of sp³-hybridized carbons (Fsp3) is 0.409. The Bertz CT molecular complexity index is 772. The molecule has 0 aliphatic carbocycles. The summed E-state index contributed by atoms with van der Waals surface area (Å²) in [6.45, 7) is 7.45. The Morgan fingerprint density at radius 1 is 1.27 bits per heavy atom. The zero-order chi connectivity index (χ0) is 18.5. The Morgan fingerprint density at radius 2 is 2.08 bits per heavy atom. The second-order valence-electron chi connectivity index (χ2n) is 7.29. The fourth-order valence-corrected chi connectivity index (χ4v) is 3.66. The lowest BCUT2D eigenvalue weighted by Crippen LogP contribution is -2.33. The van der Waals surface area contributed by atoms with E-state index in [0.717, 1.165) is 36.8 Å². The lowest BCUT2D eigenvalue weighted by atomic mass is 9.99. The number of aryl methyl sites for hydroxylation is 1. The third-order valence-corrected chi connectivity index (χ3v) is 5.03. The number of nitrogens with zero attached hydrogens (tertiary/aromatic N) is 1. The molecule has 0 aromatic heterocycles. The Kier molecular flexibility index (Phi) is 5.94. The first-order chi connectivity index (χ1) is 12.6. The van der Waals surface area contributed by atoms with E-state index in [1.54, 1.807) is 7.11 Å². The number of carbonyl (C=O) groups excluding carboxylic acids is 1. The van der Waals surface area contributed by atoms with Crippen LogP contribution >= 0.6 is 0 Å². The first-order valence-corrected chi connectivity index (χ1v) is 9.33. The Labute approximate surface area is 156 Å². The SMILES string of the molecule is COc1cccc(C)c1NC(=O)c1cccc(CN2CCC[C@H](C)C2)c1. The van der Waals surface area contributed by atoms with Gasteiger partial charge < -0.3 is 10.1 Å². The minimum absolute atomic E-state index is 0.105. The van der Waals surface area contributed by atoms with Gasteiger partial charge in [-0.25, -0.2) is 0 Å². The van der Waals surface area contributed by atoms with Gasteiger partial charge in [-0.2, -0.15) is 0 Å². The number of rotatable bonds is 5. The van der Waals surface area contributed by atoms with Crippen molar-refractivity contribution in [1.29, 1.82) is 0 Å². The van der Waals surface area contributed by atoms with E-state index in [4.69, 9.17) is 4.74 Å². The smallest absolute Gasteiger partial charge is 0.255 e. The molecule has 1 heterocycles. The van der Waals surface area contributed by atoms with E-state index in [2.05, 4.69) is 23.2 Å². The largest absolute Gasteiger partial charge is 0.495 e. The summed E-state index contributed by atoms with van der Waals surface area (Å²) < 4.78 is 5.38. The van der Waals surface area contributed by atoms with Crippen LogP contribution in [0.4, 0.5) is 5.69 Å². The zero-order valence-corrected chi connectivity index (χ0v) is 15.9. The molecule has 26 heavy (non-hydrogen) atoms. The summed E-state index contributed by atoms with van der Waals surface area (Å²) in [5, 5.41) is 3.01. The van der Waals surface area contributed by atoms with Crippen molar-refractivity contribution in [2.45, 2.75) is 33.2 Å². The van der Waals surface area contributed by atoms with E-state index >= 15 is 0 Å². The van der Waals surface area contributed by atoms with Crippen LogP contribution in [0.3, 0.4) is 0 Å². The number of nitrogens with one attached hydrogen (secondary N) is 1. The second-order valence-corrected chi connectivity index (χ2v) is 7.29. The second kappa shape index (κ2) is 8.37. The van der Waals surface area contributed by atoms with Crippen LogP contribution in [0.2, 0.25) is 0 Å². The molecule has 1 aliphatic rings. The molecule has 0 saturated carbocycles. The molecule has 0 unspecified atom stereocenters. The van der Waals surface area contributed by atoms with Crippen LogP contribution in [0.1, 0.15) is 41.3 Å². The average Bonchev–Trinajstić information content (AvgIpc) is 2.63. The topological polar surface area (TPSA) is 41.6 Å². The van der Waals surface area contributed by atoms with Gasteiger partial charge in [0, 0.05) is 18.7 Å². The number of carbonyl (C=O) groups is 1. The van der Waals surface area contributed by atoms with Crippen molar-refractivity contribution in [3.05, 3.63) is 59.2 Å². The van der Waals surface area contributed by atoms with Crippen molar-refractivity contribution in [2.75, 3.05) is 25.5 Å². The molecule has 1 amide bonds. The van der Waals surface area contributed by atoms with Gasteiger partial charge in [0.05, 0.1) is 12.8 Å². The van der Waals surface area contributed by atoms with Crippen molar-refractivity contribution in [3.63, 3.8) is 0 Å². The Balaban J connectivity index is 1.72. The number of amides is 1. The highest BCUT2D eigenvalue weighted by atomic mass is 16.5. The number of para-hydroxylation sites is 1. The number of benzene rings is 2. The number of hydrogen-bond acceptors (Lipinski definition) is 3. The van der Waals surface area contributed by atoms with E-state index in [1.165, 1.54) is 18.4 Å². The fourth-order valence-electron chi connectivity index (χ4n) is 3.66. The van der Waals surface area contributed by atoms with Crippen LogP contribution in [0.5, 0.6) is 5.75 Å². The van der Waals surface area contributed by atoms with Crippen LogP contribution in [0.15, 0.2) is 42.5 Å². The van der Waals surface area contributed by atoms with Gasteiger partial charge in [0.25, 0.3) is 5.91 Å². The van der Waals surface area contributed by atoms with Gasteiger partial charge >= 0.3 is 0 Å². The van der Waals surface area contributed by atoms with Gasteiger partial charge in [0.15, 0.2) is 0 Å². The first-order valence-electron chi connectivity index (χ1n) is 9.33. The van der Waals surface area contributed by atoms with Crippen molar-refractivity contribution >= 4 is 11.6 Å². The van der Waals surface area contributed by atoms with Crippen LogP contribution in [0, 0.1) is 12.8 Å². The highest BCUT2D eigenvalue weighted by molar-refractivity contribution is 6.05. The first kappa shape index (κ1) is 18.5. The van der Waals surface area contributed by atoms with E-state index in [0.29, 0.717) is 11.3 Å².